The third-order valence-corrected chi connectivity index (χ3v) is 6.95. The Kier molecular flexibility index (Phi) is 7.04. The van der Waals surface area contributed by atoms with E-state index in [0.717, 1.165) is 32.7 Å². The number of halogens is 1. The first-order chi connectivity index (χ1) is 16.3. The quantitative estimate of drug-likeness (QED) is 0.336. The SMILES string of the molecule is CCOc1ccccc1N1C(=O)/C(=C\c2ccc(OC)c(Cn3nc(C)c(Br)c3C)c2)NC1=S. The summed E-state index contributed by atoms with van der Waals surface area (Å²) in [6.45, 7) is 6.89. The summed E-state index contributed by atoms with van der Waals surface area (Å²) in [5.74, 6) is 1.11. The Morgan fingerprint density at radius 3 is 2.62 bits per heavy atom. The van der Waals surface area contributed by atoms with E-state index in [9.17, 15) is 4.79 Å². The molecule has 0 unspecified atom stereocenters. The van der Waals surface area contributed by atoms with Crippen molar-refractivity contribution < 1.29 is 14.3 Å². The molecule has 7 nitrogen and oxygen atoms in total. The van der Waals surface area contributed by atoms with Gasteiger partial charge in [0.1, 0.15) is 17.2 Å². The molecule has 3 aromatic rings. The number of aromatic nitrogens is 2. The fourth-order valence-electron chi connectivity index (χ4n) is 3.84. The molecule has 1 aromatic heterocycles. The summed E-state index contributed by atoms with van der Waals surface area (Å²) in [4.78, 5) is 14.7. The predicted octanol–water partition coefficient (Wildman–Crippen LogP) is 4.98. The average Bonchev–Trinajstić information content (AvgIpc) is 3.23. The van der Waals surface area contributed by atoms with Crippen molar-refractivity contribution in [3.05, 3.63) is 75.1 Å². The van der Waals surface area contributed by atoms with Crippen molar-refractivity contribution in [2.24, 2.45) is 0 Å². The van der Waals surface area contributed by atoms with Gasteiger partial charge in [0.05, 0.1) is 41.8 Å². The van der Waals surface area contributed by atoms with Crippen molar-refractivity contribution in [1.82, 2.24) is 15.1 Å². The number of ether oxygens (including phenoxy) is 2. The minimum absolute atomic E-state index is 0.239. The van der Waals surface area contributed by atoms with Crippen LogP contribution in [0.15, 0.2) is 52.6 Å². The van der Waals surface area contributed by atoms with Crippen LogP contribution in [0.1, 0.15) is 29.4 Å². The van der Waals surface area contributed by atoms with Crippen LogP contribution >= 0.6 is 28.1 Å². The number of rotatable bonds is 7. The van der Waals surface area contributed by atoms with Crippen molar-refractivity contribution in [3.63, 3.8) is 0 Å². The Labute approximate surface area is 212 Å². The average molecular weight is 541 g/mol. The fourth-order valence-corrected chi connectivity index (χ4v) is 4.42. The molecule has 2 aromatic carbocycles. The summed E-state index contributed by atoms with van der Waals surface area (Å²) in [7, 11) is 1.64. The number of nitrogens with one attached hydrogen (secondary N) is 1. The Bertz CT molecular complexity index is 1300. The molecule has 0 saturated carbocycles. The molecule has 0 spiro atoms. The van der Waals surface area contributed by atoms with E-state index in [1.165, 1.54) is 4.90 Å². The van der Waals surface area contributed by atoms with E-state index in [1.807, 2.05) is 67.9 Å². The second-order valence-corrected chi connectivity index (χ2v) is 8.92. The smallest absolute Gasteiger partial charge is 0.281 e. The molecular weight excluding hydrogens is 516 g/mol. The second kappa shape index (κ2) is 9.99. The van der Waals surface area contributed by atoms with Crippen molar-refractivity contribution in [3.8, 4) is 11.5 Å². The summed E-state index contributed by atoms with van der Waals surface area (Å²) in [6, 6.07) is 13.1. The number of carbonyl (C=O) groups excluding carboxylic acids is 1. The van der Waals surface area contributed by atoms with Gasteiger partial charge >= 0.3 is 0 Å². The van der Waals surface area contributed by atoms with Crippen molar-refractivity contribution in [1.29, 1.82) is 0 Å². The van der Waals surface area contributed by atoms with Crippen LogP contribution in [-0.2, 0) is 11.3 Å². The van der Waals surface area contributed by atoms with Gasteiger partial charge in [-0.25, -0.2) is 4.90 Å². The van der Waals surface area contributed by atoms with E-state index in [-0.39, 0.29) is 5.91 Å². The van der Waals surface area contributed by atoms with Crippen LogP contribution in [-0.4, -0.2) is 34.5 Å². The van der Waals surface area contributed by atoms with E-state index in [4.69, 9.17) is 21.7 Å². The van der Waals surface area contributed by atoms with Crippen LogP contribution in [0.25, 0.3) is 6.08 Å². The highest BCUT2D eigenvalue weighted by Crippen LogP contribution is 2.32. The van der Waals surface area contributed by atoms with Crippen molar-refractivity contribution >= 4 is 50.9 Å². The lowest BCUT2D eigenvalue weighted by Crippen LogP contribution is -2.30. The third-order valence-electron chi connectivity index (χ3n) is 5.51. The number of carbonyl (C=O) groups is 1. The molecule has 1 aliphatic heterocycles. The fraction of sp³-hybridized carbons (Fsp3) is 0.240. The summed E-state index contributed by atoms with van der Waals surface area (Å²) >= 11 is 9.06. The molecule has 0 bridgehead atoms. The van der Waals surface area contributed by atoms with Gasteiger partial charge in [0.15, 0.2) is 5.11 Å². The summed E-state index contributed by atoms with van der Waals surface area (Å²) in [5.41, 5.74) is 4.75. The first-order valence-electron chi connectivity index (χ1n) is 10.8. The molecule has 1 saturated heterocycles. The van der Waals surface area contributed by atoms with Gasteiger partial charge in [-0.3, -0.25) is 9.48 Å². The highest BCUT2D eigenvalue weighted by Gasteiger charge is 2.33. The zero-order chi connectivity index (χ0) is 24.4. The van der Waals surface area contributed by atoms with Crippen LogP contribution < -0.4 is 19.7 Å². The Morgan fingerprint density at radius 2 is 1.94 bits per heavy atom. The highest BCUT2D eigenvalue weighted by molar-refractivity contribution is 9.10. The number of thiocarbonyl (C=S) groups is 1. The van der Waals surface area contributed by atoms with Crippen LogP contribution in [0.5, 0.6) is 11.5 Å². The number of hydrogen-bond donors (Lipinski definition) is 1. The molecule has 1 N–H and O–H groups in total. The van der Waals surface area contributed by atoms with Crippen LogP contribution in [0.2, 0.25) is 0 Å². The van der Waals surface area contributed by atoms with E-state index in [0.29, 0.717) is 35.4 Å². The number of anilines is 1. The lowest BCUT2D eigenvalue weighted by molar-refractivity contribution is -0.113. The molecule has 1 aliphatic rings. The Hall–Kier alpha value is -3.17. The van der Waals surface area contributed by atoms with Gasteiger partial charge in [-0.1, -0.05) is 18.2 Å². The largest absolute Gasteiger partial charge is 0.496 e. The molecule has 0 radical (unpaired) electrons. The third kappa shape index (κ3) is 4.58. The number of benzene rings is 2. The molecule has 9 heteroatoms. The lowest BCUT2D eigenvalue weighted by Gasteiger charge is -2.18. The number of amides is 1. The number of hydrogen-bond acceptors (Lipinski definition) is 5. The van der Waals surface area contributed by atoms with Crippen LogP contribution in [0.4, 0.5) is 5.69 Å². The minimum Gasteiger partial charge on any atom is -0.496 e. The standard InChI is InChI=1S/C25H25BrN4O3S/c1-5-33-22-9-7-6-8-20(22)30-24(31)19(27-25(30)34)13-17-10-11-21(32-4)18(12-17)14-29-16(3)23(26)15(2)28-29/h6-13H,5,14H2,1-4H3,(H,27,34)/b19-13+. The predicted molar refractivity (Wildman–Crippen MR) is 140 cm³/mol. The molecule has 0 aliphatic carbocycles. The summed E-state index contributed by atoms with van der Waals surface area (Å²) < 4.78 is 14.2. The number of methoxy groups -OCH3 is 1. The van der Waals surface area contributed by atoms with Gasteiger partial charge in [0.2, 0.25) is 0 Å². The van der Waals surface area contributed by atoms with Crippen molar-refractivity contribution in [2.45, 2.75) is 27.3 Å². The molecule has 0 atom stereocenters. The van der Waals surface area contributed by atoms with Gasteiger partial charge < -0.3 is 14.8 Å². The summed E-state index contributed by atoms with van der Waals surface area (Å²) in [5, 5.41) is 7.95. The van der Waals surface area contributed by atoms with E-state index in [1.54, 1.807) is 13.2 Å². The topological polar surface area (TPSA) is 68.6 Å². The molecule has 34 heavy (non-hydrogen) atoms. The van der Waals surface area contributed by atoms with Gasteiger partial charge in [-0.05, 0) is 84.8 Å². The summed E-state index contributed by atoms with van der Waals surface area (Å²) in [6.07, 6.45) is 1.79. The van der Waals surface area contributed by atoms with Crippen LogP contribution in [0, 0.1) is 13.8 Å². The molecule has 176 valence electrons. The normalized spacial score (nSPS) is 14.6. The second-order valence-electron chi connectivity index (χ2n) is 7.74. The van der Waals surface area contributed by atoms with E-state index < -0.39 is 0 Å². The number of nitrogens with zero attached hydrogens (tertiary/aromatic N) is 3. The van der Waals surface area contributed by atoms with Crippen molar-refractivity contribution in [2.75, 3.05) is 18.6 Å². The minimum atomic E-state index is -0.239. The molecule has 1 fully saturated rings. The van der Waals surface area contributed by atoms with E-state index in [2.05, 4.69) is 26.3 Å². The molecule has 1 amide bonds. The molecular formula is C25H25BrN4O3S. The van der Waals surface area contributed by atoms with Gasteiger partial charge in [0, 0.05) is 5.56 Å². The number of aryl methyl sites for hydroxylation is 1. The number of para-hydroxylation sites is 2. The van der Waals surface area contributed by atoms with Gasteiger partial charge in [-0.2, -0.15) is 5.10 Å². The Balaban J connectivity index is 1.65. The Morgan fingerprint density at radius 1 is 1.18 bits per heavy atom. The zero-order valence-electron chi connectivity index (χ0n) is 19.4. The van der Waals surface area contributed by atoms with Gasteiger partial charge in [-0.15, -0.1) is 0 Å². The maximum absolute atomic E-state index is 13.3. The first-order valence-corrected chi connectivity index (χ1v) is 12.0. The maximum Gasteiger partial charge on any atom is 0.281 e. The molecule has 4 rings (SSSR count). The highest BCUT2D eigenvalue weighted by atomic mass is 79.9. The van der Waals surface area contributed by atoms with Gasteiger partial charge in [0.25, 0.3) is 5.91 Å². The lowest BCUT2D eigenvalue weighted by atomic mass is 10.1. The molecule has 2 heterocycles. The maximum atomic E-state index is 13.3. The van der Waals surface area contributed by atoms with Crippen LogP contribution in [0.3, 0.4) is 0 Å². The first kappa shape index (κ1) is 24.0. The van der Waals surface area contributed by atoms with E-state index >= 15 is 0 Å². The monoisotopic (exact) mass is 540 g/mol. The zero-order valence-corrected chi connectivity index (χ0v) is 21.8.